The fourth-order valence-electron chi connectivity index (χ4n) is 2.67. The monoisotopic (exact) mass is 352 g/mol. The van der Waals surface area contributed by atoms with Crippen molar-refractivity contribution < 1.29 is 18.0 Å². The summed E-state index contributed by atoms with van der Waals surface area (Å²) in [6.45, 7) is 3.78. The normalized spacial score (nSPS) is 11.9. The predicted octanol–water partition coefficient (Wildman–Crippen LogP) is 5.10. The molecule has 0 aliphatic rings. The zero-order valence-electron chi connectivity index (χ0n) is 12.8. The highest BCUT2D eigenvalue weighted by Gasteiger charge is 2.32. The van der Waals surface area contributed by atoms with E-state index in [1.165, 1.54) is 0 Å². The molecule has 0 unspecified atom stereocenters. The average Bonchev–Trinajstić information content (AvgIpc) is 2.85. The van der Waals surface area contributed by atoms with Crippen LogP contribution in [0.4, 0.5) is 13.2 Å². The number of benzene rings is 1. The van der Waals surface area contributed by atoms with Crippen LogP contribution in [0, 0.1) is 13.8 Å². The molecule has 0 spiro atoms. The molecule has 3 aromatic rings. The van der Waals surface area contributed by atoms with Crippen LogP contribution in [0.5, 0.6) is 0 Å². The van der Waals surface area contributed by atoms with Gasteiger partial charge in [0.25, 0.3) is 0 Å². The van der Waals surface area contributed by atoms with Crippen molar-refractivity contribution in [1.29, 1.82) is 0 Å². The molecule has 0 aliphatic carbocycles. The number of halogens is 4. The molecule has 1 aromatic carbocycles. The first kappa shape index (κ1) is 16.5. The maximum Gasteiger partial charge on any atom is 0.417 e. The van der Waals surface area contributed by atoms with Crippen molar-refractivity contribution in [1.82, 2.24) is 9.38 Å². The summed E-state index contributed by atoms with van der Waals surface area (Å²) in [5, 5.41) is -0.163. The van der Waals surface area contributed by atoms with Gasteiger partial charge in [0.1, 0.15) is 11.4 Å². The van der Waals surface area contributed by atoms with Crippen molar-refractivity contribution in [2.45, 2.75) is 20.0 Å². The Morgan fingerprint density at radius 1 is 1.21 bits per heavy atom. The van der Waals surface area contributed by atoms with Gasteiger partial charge in [0.15, 0.2) is 11.9 Å². The Morgan fingerprint density at radius 3 is 2.50 bits per heavy atom. The molecular weight excluding hydrogens is 341 g/mol. The molecule has 124 valence electrons. The van der Waals surface area contributed by atoms with E-state index in [-0.39, 0.29) is 16.4 Å². The van der Waals surface area contributed by atoms with Gasteiger partial charge in [-0.2, -0.15) is 13.2 Å². The molecule has 2 heterocycles. The van der Waals surface area contributed by atoms with E-state index < -0.39 is 11.7 Å². The average molecular weight is 353 g/mol. The van der Waals surface area contributed by atoms with Gasteiger partial charge in [-0.1, -0.05) is 35.4 Å². The van der Waals surface area contributed by atoms with Gasteiger partial charge in [-0.05, 0) is 25.5 Å². The lowest BCUT2D eigenvalue weighted by atomic mass is 10.0. The molecule has 0 amide bonds. The van der Waals surface area contributed by atoms with E-state index in [9.17, 15) is 18.0 Å². The summed E-state index contributed by atoms with van der Waals surface area (Å²) in [6.07, 6.45) is -3.24. The van der Waals surface area contributed by atoms with Crippen molar-refractivity contribution in [2.24, 2.45) is 0 Å². The summed E-state index contributed by atoms with van der Waals surface area (Å²) in [5.41, 5.74) is 2.10. The molecule has 3 nitrogen and oxygen atoms in total. The van der Waals surface area contributed by atoms with Crippen molar-refractivity contribution in [3.8, 4) is 11.3 Å². The standard InChI is InChI=1S/C17H12ClF3N2O/c1-9-3-4-12(10(2)5-9)15-14(8-24)23-7-11(17(19,20)21)6-13(18)16(23)22-15/h3-8H,1-2H3. The Kier molecular flexibility index (Phi) is 3.87. The van der Waals surface area contributed by atoms with Gasteiger partial charge >= 0.3 is 6.18 Å². The third-order valence-electron chi connectivity index (χ3n) is 3.79. The minimum Gasteiger partial charge on any atom is -0.296 e. The summed E-state index contributed by atoms with van der Waals surface area (Å²) in [5.74, 6) is 0. The number of aldehydes is 1. The summed E-state index contributed by atoms with van der Waals surface area (Å²) in [7, 11) is 0. The Labute approximate surface area is 140 Å². The van der Waals surface area contributed by atoms with E-state index in [2.05, 4.69) is 4.98 Å². The van der Waals surface area contributed by atoms with Gasteiger partial charge in [-0.3, -0.25) is 9.20 Å². The molecule has 0 saturated carbocycles. The number of carbonyl (C=O) groups excluding carboxylic acids is 1. The number of alkyl halides is 3. The zero-order chi connectivity index (χ0) is 17.6. The number of imidazole rings is 1. The smallest absolute Gasteiger partial charge is 0.296 e. The van der Waals surface area contributed by atoms with Crippen molar-refractivity contribution in [2.75, 3.05) is 0 Å². The van der Waals surface area contributed by atoms with Crippen LogP contribution in [-0.2, 0) is 6.18 Å². The zero-order valence-corrected chi connectivity index (χ0v) is 13.5. The van der Waals surface area contributed by atoms with Crippen LogP contribution in [0.3, 0.4) is 0 Å². The Morgan fingerprint density at radius 2 is 1.92 bits per heavy atom. The number of aromatic nitrogens is 2. The van der Waals surface area contributed by atoms with E-state index >= 15 is 0 Å². The molecule has 0 radical (unpaired) electrons. The molecule has 0 bridgehead atoms. The Bertz CT molecular complexity index is 961. The number of fused-ring (bicyclic) bond motifs is 1. The number of nitrogens with zero attached hydrogens (tertiary/aromatic N) is 2. The van der Waals surface area contributed by atoms with Crippen LogP contribution in [0.15, 0.2) is 30.5 Å². The fraction of sp³-hybridized carbons (Fsp3) is 0.176. The third kappa shape index (κ3) is 2.67. The summed E-state index contributed by atoms with van der Waals surface area (Å²) >= 11 is 5.96. The molecule has 0 N–H and O–H groups in total. The van der Waals surface area contributed by atoms with Crippen molar-refractivity contribution in [3.63, 3.8) is 0 Å². The van der Waals surface area contributed by atoms with Crippen LogP contribution >= 0.6 is 11.6 Å². The number of pyridine rings is 1. The molecule has 0 aliphatic heterocycles. The minimum atomic E-state index is -4.57. The first-order valence-electron chi connectivity index (χ1n) is 7.04. The fourth-order valence-corrected chi connectivity index (χ4v) is 2.92. The lowest BCUT2D eigenvalue weighted by molar-refractivity contribution is -0.137. The highest BCUT2D eigenvalue weighted by molar-refractivity contribution is 6.33. The number of carbonyl (C=O) groups is 1. The van der Waals surface area contributed by atoms with Gasteiger partial charge in [0, 0.05) is 11.8 Å². The highest BCUT2D eigenvalue weighted by atomic mass is 35.5. The van der Waals surface area contributed by atoms with E-state index in [0.717, 1.165) is 27.8 Å². The van der Waals surface area contributed by atoms with Crippen LogP contribution in [-0.4, -0.2) is 15.7 Å². The summed E-state index contributed by atoms with van der Waals surface area (Å²) in [6, 6.07) is 6.36. The van der Waals surface area contributed by atoms with Gasteiger partial charge in [-0.15, -0.1) is 0 Å². The van der Waals surface area contributed by atoms with Gasteiger partial charge in [-0.25, -0.2) is 4.98 Å². The third-order valence-corrected chi connectivity index (χ3v) is 4.07. The lowest BCUT2D eigenvalue weighted by Crippen LogP contribution is -2.07. The number of hydrogen-bond donors (Lipinski definition) is 0. The number of aryl methyl sites for hydroxylation is 2. The van der Waals surface area contributed by atoms with E-state index in [4.69, 9.17) is 11.6 Å². The first-order valence-corrected chi connectivity index (χ1v) is 7.41. The molecule has 3 rings (SSSR count). The van der Waals surface area contributed by atoms with Gasteiger partial charge in [0.05, 0.1) is 10.6 Å². The largest absolute Gasteiger partial charge is 0.417 e. The Hall–Kier alpha value is -2.34. The van der Waals surface area contributed by atoms with E-state index in [1.807, 2.05) is 26.0 Å². The Balaban J connectivity index is 2.35. The first-order chi connectivity index (χ1) is 11.2. The molecule has 24 heavy (non-hydrogen) atoms. The highest BCUT2D eigenvalue weighted by Crippen LogP contribution is 2.35. The summed E-state index contributed by atoms with van der Waals surface area (Å²) < 4.78 is 40.1. The van der Waals surface area contributed by atoms with Crippen molar-refractivity contribution in [3.05, 3.63) is 57.9 Å². The maximum absolute atomic E-state index is 13.0. The van der Waals surface area contributed by atoms with Crippen LogP contribution < -0.4 is 0 Å². The predicted molar refractivity (Wildman–Crippen MR) is 85.5 cm³/mol. The van der Waals surface area contributed by atoms with Crippen LogP contribution in [0.2, 0.25) is 5.02 Å². The second-order valence-corrected chi connectivity index (χ2v) is 5.96. The van der Waals surface area contributed by atoms with E-state index in [1.54, 1.807) is 6.07 Å². The van der Waals surface area contributed by atoms with Gasteiger partial charge < -0.3 is 0 Å². The van der Waals surface area contributed by atoms with Crippen LogP contribution in [0.25, 0.3) is 16.9 Å². The molecule has 0 atom stereocenters. The second-order valence-electron chi connectivity index (χ2n) is 5.55. The van der Waals surface area contributed by atoms with Crippen LogP contribution in [0.1, 0.15) is 27.2 Å². The van der Waals surface area contributed by atoms with Crippen molar-refractivity contribution >= 4 is 23.5 Å². The topological polar surface area (TPSA) is 34.4 Å². The SMILES string of the molecule is Cc1ccc(-c2nc3c(Cl)cc(C(F)(F)F)cn3c2C=O)c(C)c1. The quantitative estimate of drug-likeness (QED) is 0.601. The summed E-state index contributed by atoms with van der Waals surface area (Å²) in [4.78, 5) is 15.8. The maximum atomic E-state index is 13.0. The molecule has 7 heteroatoms. The molecule has 0 saturated heterocycles. The van der Waals surface area contributed by atoms with Gasteiger partial charge in [0.2, 0.25) is 0 Å². The van der Waals surface area contributed by atoms with E-state index in [0.29, 0.717) is 17.5 Å². The second kappa shape index (κ2) is 5.63. The number of hydrogen-bond acceptors (Lipinski definition) is 2. The molecule has 2 aromatic heterocycles. The molecular formula is C17H12ClF3N2O. The lowest BCUT2D eigenvalue weighted by Gasteiger charge is -2.08. The molecule has 0 fully saturated rings. The minimum absolute atomic E-state index is 0.0324. The number of rotatable bonds is 2.